The smallest absolute Gasteiger partial charge is 0.308 e. The monoisotopic (exact) mass is 607 g/mol. The first-order valence-corrected chi connectivity index (χ1v) is 16.3. The molecule has 0 unspecified atom stereocenters. The van der Waals surface area contributed by atoms with Gasteiger partial charge in [0.1, 0.15) is 11.5 Å². The van der Waals surface area contributed by atoms with Crippen LogP contribution in [0.1, 0.15) is 105 Å². The van der Waals surface area contributed by atoms with E-state index in [1.807, 2.05) is 12.1 Å². The van der Waals surface area contributed by atoms with E-state index in [0.29, 0.717) is 41.1 Å². The zero-order valence-corrected chi connectivity index (χ0v) is 28.4. The molecule has 1 aromatic heterocycles. The number of carbonyl (C=O) groups is 1. The van der Waals surface area contributed by atoms with Crippen LogP contribution in [0.2, 0.25) is 0 Å². The number of hydrogen-bond donors (Lipinski definition) is 0. The van der Waals surface area contributed by atoms with Crippen LogP contribution in [0.3, 0.4) is 0 Å². The van der Waals surface area contributed by atoms with Gasteiger partial charge >= 0.3 is 5.97 Å². The normalized spacial score (nSPS) is 11.8. The molecular formula is C39H49N3O3. The van der Waals surface area contributed by atoms with Crippen LogP contribution < -0.4 is 9.47 Å². The van der Waals surface area contributed by atoms with E-state index in [1.54, 1.807) is 6.07 Å². The molecule has 4 rings (SSSR count). The second-order valence-electron chi connectivity index (χ2n) is 13.8. The Morgan fingerprint density at radius 1 is 0.644 bits per heavy atom. The molecule has 0 saturated carbocycles. The van der Waals surface area contributed by atoms with Gasteiger partial charge in [-0.1, -0.05) is 129 Å². The number of unbranched alkanes of at least 4 members (excludes halogenated alkanes) is 5. The van der Waals surface area contributed by atoms with E-state index >= 15 is 0 Å². The summed E-state index contributed by atoms with van der Waals surface area (Å²) in [7, 11) is 0. The molecule has 0 aliphatic rings. The van der Waals surface area contributed by atoms with E-state index in [2.05, 4.69) is 97.0 Å². The van der Waals surface area contributed by atoms with Crippen LogP contribution >= 0.6 is 0 Å². The Hall–Kier alpha value is -4.06. The second kappa shape index (κ2) is 14.8. The maximum Gasteiger partial charge on any atom is 0.308 e. The highest BCUT2D eigenvalue weighted by atomic mass is 16.5. The molecule has 0 radical (unpaired) electrons. The Bertz CT molecular complexity index is 1490. The van der Waals surface area contributed by atoms with Gasteiger partial charge in [0.25, 0.3) is 0 Å². The van der Waals surface area contributed by atoms with Gasteiger partial charge in [0.2, 0.25) is 0 Å². The van der Waals surface area contributed by atoms with E-state index in [4.69, 9.17) is 24.4 Å². The molecular weight excluding hydrogens is 558 g/mol. The minimum Gasteiger partial charge on any atom is -0.493 e. The molecule has 4 aromatic rings. The number of hydrogen-bond acceptors (Lipinski definition) is 6. The van der Waals surface area contributed by atoms with Gasteiger partial charge in [0.05, 0.1) is 12.2 Å². The van der Waals surface area contributed by atoms with Gasteiger partial charge in [-0.15, -0.1) is 0 Å². The minimum atomic E-state index is -0.422. The summed E-state index contributed by atoms with van der Waals surface area (Å²) >= 11 is 0. The molecule has 0 bridgehead atoms. The second-order valence-corrected chi connectivity index (χ2v) is 13.8. The largest absolute Gasteiger partial charge is 0.493 e. The third-order valence-electron chi connectivity index (χ3n) is 7.87. The van der Waals surface area contributed by atoms with E-state index < -0.39 is 5.97 Å². The van der Waals surface area contributed by atoms with Crippen LogP contribution in [0.15, 0.2) is 66.7 Å². The lowest BCUT2D eigenvalue weighted by Crippen LogP contribution is -2.11. The molecule has 45 heavy (non-hydrogen) atoms. The number of esters is 1. The summed E-state index contributed by atoms with van der Waals surface area (Å²) in [5.41, 5.74) is 4.87. The lowest BCUT2D eigenvalue weighted by Gasteiger charge is -2.19. The van der Waals surface area contributed by atoms with Gasteiger partial charge < -0.3 is 9.47 Å². The molecule has 0 amide bonds. The number of rotatable bonds is 12. The highest BCUT2D eigenvalue weighted by molar-refractivity contribution is 5.76. The molecule has 6 heteroatoms. The van der Waals surface area contributed by atoms with Crippen LogP contribution in [0.25, 0.3) is 34.2 Å². The predicted octanol–water partition coefficient (Wildman–Crippen LogP) is 10.1. The summed E-state index contributed by atoms with van der Waals surface area (Å²) < 4.78 is 11.7. The average Bonchev–Trinajstić information content (AvgIpc) is 2.99. The summed E-state index contributed by atoms with van der Waals surface area (Å²) in [5.74, 6) is 2.11. The van der Waals surface area contributed by atoms with Crippen LogP contribution in [0.4, 0.5) is 0 Å². The fraction of sp³-hybridized carbons (Fsp3) is 0.436. The molecule has 0 spiro atoms. The van der Waals surface area contributed by atoms with Crippen molar-refractivity contribution < 1.29 is 14.3 Å². The summed E-state index contributed by atoms with van der Waals surface area (Å²) in [6.07, 6.45) is 7.11. The minimum absolute atomic E-state index is 0.0283. The standard InChI is InChI=1S/C39H49N3O3/c1-9-10-11-12-13-14-25-44-32-23-24-33(34(26-32)45-27(2)43)37-41-35(28-15-19-30(20-16-28)38(3,4)5)40-36(42-37)29-17-21-31(22-18-29)39(6,7)8/h15-24,26H,9-14,25H2,1-8H3. The summed E-state index contributed by atoms with van der Waals surface area (Å²) in [5, 5.41) is 0. The van der Waals surface area contributed by atoms with Crippen molar-refractivity contribution in [2.45, 2.75) is 105 Å². The zero-order valence-electron chi connectivity index (χ0n) is 28.4. The highest BCUT2D eigenvalue weighted by Gasteiger charge is 2.20. The fourth-order valence-corrected chi connectivity index (χ4v) is 5.08. The van der Waals surface area contributed by atoms with Crippen molar-refractivity contribution in [3.63, 3.8) is 0 Å². The molecule has 0 N–H and O–H groups in total. The fourth-order valence-electron chi connectivity index (χ4n) is 5.08. The maximum atomic E-state index is 12.2. The molecule has 0 atom stereocenters. The molecule has 0 saturated heterocycles. The topological polar surface area (TPSA) is 74.2 Å². The van der Waals surface area contributed by atoms with Crippen molar-refractivity contribution >= 4 is 5.97 Å². The van der Waals surface area contributed by atoms with Crippen molar-refractivity contribution in [3.8, 4) is 45.7 Å². The van der Waals surface area contributed by atoms with E-state index in [9.17, 15) is 4.79 Å². The third kappa shape index (κ3) is 9.46. The molecule has 6 nitrogen and oxygen atoms in total. The van der Waals surface area contributed by atoms with Gasteiger partial charge in [-0.25, -0.2) is 15.0 Å². The highest BCUT2D eigenvalue weighted by Crippen LogP contribution is 2.35. The SMILES string of the molecule is CCCCCCCCOc1ccc(-c2nc(-c3ccc(C(C)(C)C)cc3)nc(-c3ccc(C(C)(C)C)cc3)n2)c(OC(C)=O)c1. The molecule has 0 fully saturated rings. The average molecular weight is 608 g/mol. The van der Waals surface area contributed by atoms with Crippen molar-refractivity contribution in [2.24, 2.45) is 0 Å². The first-order chi connectivity index (χ1) is 21.3. The number of benzene rings is 3. The summed E-state index contributed by atoms with van der Waals surface area (Å²) in [4.78, 5) is 26.9. The zero-order chi connectivity index (χ0) is 32.6. The molecule has 1 heterocycles. The van der Waals surface area contributed by atoms with Gasteiger partial charge in [0.15, 0.2) is 17.5 Å². The van der Waals surface area contributed by atoms with Gasteiger partial charge in [-0.05, 0) is 40.5 Å². The number of carbonyl (C=O) groups excluding carboxylic acids is 1. The van der Waals surface area contributed by atoms with E-state index in [-0.39, 0.29) is 10.8 Å². The molecule has 3 aromatic carbocycles. The first kappa shape index (κ1) is 33.8. The quantitative estimate of drug-likeness (QED) is 0.0906. The lowest BCUT2D eigenvalue weighted by atomic mass is 9.86. The van der Waals surface area contributed by atoms with Gasteiger partial charge in [-0.2, -0.15) is 0 Å². The van der Waals surface area contributed by atoms with Gasteiger partial charge in [-0.3, -0.25) is 4.79 Å². The first-order valence-electron chi connectivity index (χ1n) is 16.3. The number of aromatic nitrogens is 3. The molecule has 0 aliphatic carbocycles. The Labute approximate surface area is 269 Å². The molecule has 238 valence electrons. The van der Waals surface area contributed by atoms with Crippen molar-refractivity contribution in [3.05, 3.63) is 77.9 Å². The Balaban J connectivity index is 1.73. The van der Waals surface area contributed by atoms with Crippen LogP contribution in [-0.2, 0) is 15.6 Å². The van der Waals surface area contributed by atoms with Crippen LogP contribution in [0, 0.1) is 0 Å². The third-order valence-corrected chi connectivity index (χ3v) is 7.87. The lowest BCUT2D eigenvalue weighted by molar-refractivity contribution is -0.131. The number of nitrogens with zero attached hydrogens (tertiary/aromatic N) is 3. The van der Waals surface area contributed by atoms with Crippen molar-refractivity contribution in [1.82, 2.24) is 15.0 Å². The predicted molar refractivity (Wildman–Crippen MR) is 184 cm³/mol. The van der Waals surface area contributed by atoms with Crippen LogP contribution in [0.5, 0.6) is 11.5 Å². The van der Waals surface area contributed by atoms with Crippen LogP contribution in [-0.4, -0.2) is 27.5 Å². The number of ether oxygens (including phenoxy) is 2. The van der Waals surface area contributed by atoms with E-state index in [1.165, 1.54) is 43.7 Å². The maximum absolute atomic E-state index is 12.2. The molecule has 0 aliphatic heterocycles. The van der Waals surface area contributed by atoms with Crippen molar-refractivity contribution in [2.75, 3.05) is 6.61 Å². The van der Waals surface area contributed by atoms with E-state index in [0.717, 1.165) is 24.0 Å². The Kier molecular flexibility index (Phi) is 11.1. The Morgan fingerprint density at radius 2 is 1.13 bits per heavy atom. The Morgan fingerprint density at radius 3 is 1.62 bits per heavy atom. The summed E-state index contributed by atoms with van der Waals surface area (Å²) in [6, 6.07) is 22.2. The van der Waals surface area contributed by atoms with Crippen molar-refractivity contribution in [1.29, 1.82) is 0 Å². The van der Waals surface area contributed by atoms with Gasteiger partial charge in [0, 0.05) is 24.1 Å². The summed E-state index contributed by atoms with van der Waals surface area (Å²) in [6.45, 7) is 17.4.